The topological polar surface area (TPSA) is 84.3 Å². The van der Waals surface area contributed by atoms with E-state index in [1.807, 2.05) is 13.8 Å². The molecule has 1 saturated carbocycles. The van der Waals surface area contributed by atoms with Crippen LogP contribution in [0.3, 0.4) is 0 Å². The van der Waals surface area contributed by atoms with Gasteiger partial charge in [0.2, 0.25) is 0 Å². The number of anilines is 1. The molecule has 5 rings (SSSR count). The molecule has 0 atom stereocenters. The van der Waals surface area contributed by atoms with Gasteiger partial charge in [-0.1, -0.05) is 19.9 Å². The maximum atomic E-state index is 13.6. The number of nitrogens with one attached hydrogen (secondary N) is 2. The molecule has 0 radical (unpaired) electrons. The van der Waals surface area contributed by atoms with Crippen LogP contribution in [0.15, 0.2) is 30.9 Å². The van der Waals surface area contributed by atoms with Crippen LogP contribution in [0, 0.1) is 5.92 Å². The van der Waals surface area contributed by atoms with E-state index >= 15 is 0 Å². The van der Waals surface area contributed by atoms with Gasteiger partial charge in [-0.25, -0.2) is 19.9 Å². The van der Waals surface area contributed by atoms with E-state index < -0.39 is 11.7 Å². The van der Waals surface area contributed by atoms with Gasteiger partial charge in [0, 0.05) is 6.54 Å². The third-order valence-electron chi connectivity index (χ3n) is 4.93. The minimum atomic E-state index is -4.43. The number of aromatic amines is 1. The molecule has 0 bridgehead atoms. The Morgan fingerprint density at radius 3 is 2.70 bits per heavy atom. The third kappa shape index (κ3) is 3.81. The standard InChI is InChI=1S/C18H16F3N7.C2H6/c19-18(20,21)11-2-1-3-12-15(11)28(7-10-4-5-10)13(27-12)6-22-16-14-17(24-8-23-14)26-9-25-16;1-2/h1-3,8-10H,4-7H2,(H2,22,23,24,25,26);1-2H3. The van der Waals surface area contributed by atoms with E-state index in [-0.39, 0.29) is 12.1 Å². The van der Waals surface area contributed by atoms with Crippen molar-refractivity contribution in [1.29, 1.82) is 0 Å². The van der Waals surface area contributed by atoms with Gasteiger partial charge < -0.3 is 14.9 Å². The molecule has 4 aromatic rings. The van der Waals surface area contributed by atoms with Gasteiger partial charge in [0.25, 0.3) is 0 Å². The molecule has 1 aromatic carbocycles. The first-order valence-corrected chi connectivity index (χ1v) is 9.94. The zero-order valence-corrected chi connectivity index (χ0v) is 16.7. The predicted molar refractivity (Wildman–Crippen MR) is 108 cm³/mol. The zero-order valence-electron chi connectivity index (χ0n) is 16.7. The first kappa shape index (κ1) is 20.1. The largest absolute Gasteiger partial charge is 0.418 e. The SMILES string of the molecule is CC.FC(F)(F)c1cccc2nc(CNc3ncnc4nc[nH]c34)n(CC3CC3)c12. The molecule has 1 aliphatic rings. The molecule has 7 nitrogen and oxygen atoms in total. The van der Waals surface area contributed by atoms with Crippen LogP contribution in [0.1, 0.15) is 38.1 Å². The van der Waals surface area contributed by atoms with Crippen molar-refractivity contribution in [2.24, 2.45) is 5.92 Å². The first-order chi connectivity index (χ1) is 14.5. The van der Waals surface area contributed by atoms with Gasteiger partial charge in [-0.2, -0.15) is 13.2 Å². The summed E-state index contributed by atoms with van der Waals surface area (Å²) in [6.07, 6.45) is 0.534. The number of para-hydroxylation sites is 1. The monoisotopic (exact) mass is 417 g/mol. The number of fused-ring (bicyclic) bond motifs is 2. The molecule has 2 N–H and O–H groups in total. The number of alkyl halides is 3. The number of hydrogen-bond acceptors (Lipinski definition) is 5. The number of aromatic nitrogens is 6. The van der Waals surface area contributed by atoms with Crippen LogP contribution in [-0.2, 0) is 19.3 Å². The number of halogens is 3. The molecule has 0 aliphatic heterocycles. The van der Waals surface area contributed by atoms with Gasteiger partial charge in [0.15, 0.2) is 11.5 Å². The van der Waals surface area contributed by atoms with Crippen LogP contribution in [0.5, 0.6) is 0 Å². The second-order valence-electron chi connectivity index (χ2n) is 6.93. The lowest BCUT2D eigenvalue weighted by Crippen LogP contribution is -2.13. The lowest BCUT2D eigenvalue weighted by molar-refractivity contribution is -0.136. The van der Waals surface area contributed by atoms with Crippen LogP contribution in [0.4, 0.5) is 19.0 Å². The fourth-order valence-electron chi connectivity index (χ4n) is 3.41. The van der Waals surface area contributed by atoms with Crippen molar-refractivity contribution in [3.63, 3.8) is 0 Å². The zero-order chi connectivity index (χ0) is 21.3. The van der Waals surface area contributed by atoms with Gasteiger partial charge >= 0.3 is 6.18 Å². The molecule has 0 saturated heterocycles. The molecule has 1 fully saturated rings. The maximum absolute atomic E-state index is 13.6. The Labute approximate surface area is 170 Å². The van der Waals surface area contributed by atoms with E-state index in [0.717, 1.165) is 18.9 Å². The second-order valence-corrected chi connectivity index (χ2v) is 6.93. The van der Waals surface area contributed by atoms with Crippen LogP contribution in [-0.4, -0.2) is 29.5 Å². The number of benzene rings is 1. The molecule has 0 unspecified atom stereocenters. The number of H-pyrrole nitrogens is 1. The fourth-order valence-corrected chi connectivity index (χ4v) is 3.41. The summed E-state index contributed by atoms with van der Waals surface area (Å²) < 4.78 is 42.4. The number of hydrogen-bond donors (Lipinski definition) is 2. The first-order valence-electron chi connectivity index (χ1n) is 9.94. The summed E-state index contributed by atoms with van der Waals surface area (Å²) in [6, 6.07) is 4.13. The van der Waals surface area contributed by atoms with Crippen molar-refractivity contribution < 1.29 is 13.2 Å². The van der Waals surface area contributed by atoms with Gasteiger partial charge in [0.05, 0.1) is 29.5 Å². The van der Waals surface area contributed by atoms with Crippen LogP contribution >= 0.6 is 0 Å². The smallest absolute Gasteiger partial charge is 0.361 e. The maximum Gasteiger partial charge on any atom is 0.418 e. The summed E-state index contributed by atoms with van der Waals surface area (Å²) in [4.78, 5) is 19.8. The summed E-state index contributed by atoms with van der Waals surface area (Å²) in [7, 11) is 0. The number of rotatable bonds is 5. The van der Waals surface area contributed by atoms with Crippen molar-refractivity contribution in [1.82, 2.24) is 29.5 Å². The van der Waals surface area contributed by atoms with Crippen molar-refractivity contribution in [2.75, 3.05) is 5.32 Å². The van der Waals surface area contributed by atoms with Crippen molar-refractivity contribution >= 4 is 28.0 Å². The average Bonchev–Trinajstić information content (AvgIpc) is 3.30. The molecule has 1 aliphatic carbocycles. The Bertz CT molecular complexity index is 1160. The second kappa shape index (κ2) is 7.92. The Hall–Kier alpha value is -3.17. The minimum absolute atomic E-state index is 0.146. The van der Waals surface area contributed by atoms with Crippen LogP contribution < -0.4 is 5.32 Å². The Morgan fingerprint density at radius 2 is 1.97 bits per heavy atom. The van der Waals surface area contributed by atoms with E-state index in [9.17, 15) is 13.2 Å². The molecule has 158 valence electrons. The highest BCUT2D eigenvalue weighted by atomic mass is 19.4. The van der Waals surface area contributed by atoms with E-state index in [1.165, 1.54) is 18.7 Å². The Kier molecular flexibility index (Phi) is 5.31. The molecule has 0 spiro atoms. The molecule has 0 amide bonds. The van der Waals surface area contributed by atoms with E-state index in [0.29, 0.717) is 40.8 Å². The van der Waals surface area contributed by atoms with E-state index in [1.54, 1.807) is 10.6 Å². The van der Waals surface area contributed by atoms with Crippen molar-refractivity contribution in [2.45, 2.75) is 46.0 Å². The molecule has 30 heavy (non-hydrogen) atoms. The number of nitrogens with zero attached hydrogens (tertiary/aromatic N) is 5. The van der Waals surface area contributed by atoms with E-state index in [2.05, 4.69) is 30.2 Å². The lowest BCUT2D eigenvalue weighted by Gasteiger charge is -2.13. The molecular formula is C20H22F3N7. The van der Waals surface area contributed by atoms with Crippen molar-refractivity contribution in [3.05, 3.63) is 42.2 Å². The van der Waals surface area contributed by atoms with Crippen LogP contribution in [0.2, 0.25) is 0 Å². The molecule has 10 heteroatoms. The average molecular weight is 417 g/mol. The molecule has 3 aromatic heterocycles. The van der Waals surface area contributed by atoms with E-state index in [4.69, 9.17) is 0 Å². The highest BCUT2D eigenvalue weighted by Crippen LogP contribution is 2.38. The summed E-state index contributed by atoms with van der Waals surface area (Å²) >= 11 is 0. The summed E-state index contributed by atoms with van der Waals surface area (Å²) in [5.41, 5.74) is 1.00. The summed E-state index contributed by atoms with van der Waals surface area (Å²) in [5.74, 6) is 1.48. The lowest BCUT2D eigenvalue weighted by atomic mass is 10.1. The normalized spacial score (nSPS) is 14.0. The number of imidazole rings is 2. The summed E-state index contributed by atoms with van der Waals surface area (Å²) in [6.45, 7) is 4.77. The molecule has 3 heterocycles. The highest BCUT2D eigenvalue weighted by molar-refractivity contribution is 5.82. The van der Waals surface area contributed by atoms with Crippen molar-refractivity contribution in [3.8, 4) is 0 Å². The van der Waals surface area contributed by atoms with Gasteiger partial charge in [-0.15, -0.1) is 0 Å². The Balaban J connectivity index is 0.00000106. The summed E-state index contributed by atoms with van der Waals surface area (Å²) in [5, 5.41) is 3.16. The minimum Gasteiger partial charge on any atom is -0.361 e. The quantitative estimate of drug-likeness (QED) is 0.489. The van der Waals surface area contributed by atoms with Gasteiger partial charge in [0.1, 0.15) is 17.7 Å². The van der Waals surface area contributed by atoms with Gasteiger partial charge in [-0.3, -0.25) is 0 Å². The third-order valence-corrected chi connectivity index (χ3v) is 4.93. The Morgan fingerprint density at radius 1 is 1.17 bits per heavy atom. The fraction of sp³-hybridized carbons (Fsp3) is 0.400. The van der Waals surface area contributed by atoms with Crippen LogP contribution in [0.25, 0.3) is 22.2 Å². The highest BCUT2D eigenvalue weighted by Gasteiger charge is 2.35. The molecular weight excluding hydrogens is 395 g/mol. The predicted octanol–water partition coefficient (Wildman–Crippen LogP) is 4.77. The van der Waals surface area contributed by atoms with Gasteiger partial charge in [-0.05, 0) is 30.9 Å².